The summed E-state index contributed by atoms with van der Waals surface area (Å²) in [4.78, 5) is 4.23. The number of benzene rings is 2. The van der Waals surface area contributed by atoms with Crippen LogP contribution in [0.15, 0.2) is 53.1 Å². The molecule has 0 saturated carbocycles. The van der Waals surface area contributed by atoms with Crippen molar-refractivity contribution in [2.24, 2.45) is 0 Å². The lowest BCUT2D eigenvalue weighted by molar-refractivity contribution is 0.292. The zero-order chi connectivity index (χ0) is 16.2. The predicted molar refractivity (Wildman–Crippen MR) is 84.4 cm³/mol. The van der Waals surface area contributed by atoms with Crippen molar-refractivity contribution in [3.05, 3.63) is 71.6 Å². The van der Waals surface area contributed by atoms with Gasteiger partial charge in [0.25, 0.3) is 0 Å². The van der Waals surface area contributed by atoms with Crippen LogP contribution in [0.25, 0.3) is 11.1 Å². The van der Waals surface area contributed by atoms with Gasteiger partial charge in [0, 0.05) is 12.0 Å². The molecule has 0 aliphatic carbocycles. The van der Waals surface area contributed by atoms with Crippen molar-refractivity contribution in [1.82, 2.24) is 10.1 Å². The van der Waals surface area contributed by atoms with Crippen molar-refractivity contribution in [2.45, 2.75) is 19.3 Å². The minimum Gasteiger partial charge on any atom is -0.396 e. The van der Waals surface area contributed by atoms with Crippen LogP contribution in [0.1, 0.15) is 30.1 Å². The Labute approximate surface area is 133 Å². The maximum absolute atomic E-state index is 14.4. The Morgan fingerprint density at radius 1 is 1.17 bits per heavy atom. The first-order chi connectivity index (χ1) is 11.2. The second-order valence-electron chi connectivity index (χ2n) is 5.35. The normalized spacial score (nSPS) is 12.3. The first kappa shape index (κ1) is 15.4. The smallest absolute Gasteiger partial charge is 0.233 e. The molecular weight excluding hydrogens is 295 g/mol. The Morgan fingerprint density at radius 3 is 2.65 bits per heavy atom. The van der Waals surface area contributed by atoms with E-state index in [1.807, 2.05) is 43.3 Å². The summed E-state index contributed by atoms with van der Waals surface area (Å²) in [5.41, 5.74) is 2.17. The van der Waals surface area contributed by atoms with Crippen molar-refractivity contribution < 1.29 is 14.0 Å². The molecule has 1 aromatic heterocycles. The van der Waals surface area contributed by atoms with Gasteiger partial charge in [-0.25, -0.2) is 4.39 Å². The molecule has 0 fully saturated rings. The third kappa shape index (κ3) is 3.29. The molecule has 0 radical (unpaired) electrons. The minimum atomic E-state index is -0.282. The van der Waals surface area contributed by atoms with E-state index in [2.05, 4.69) is 10.1 Å². The predicted octanol–water partition coefficient (Wildman–Crippen LogP) is 3.56. The second kappa shape index (κ2) is 6.71. The van der Waals surface area contributed by atoms with Crippen LogP contribution in [0.2, 0.25) is 0 Å². The molecule has 0 bridgehead atoms. The Hall–Kier alpha value is -2.53. The quantitative estimate of drug-likeness (QED) is 0.782. The Kier molecular flexibility index (Phi) is 4.48. The average Bonchev–Trinajstić information content (AvgIpc) is 3.04. The molecule has 3 rings (SSSR count). The molecule has 1 atom stereocenters. The molecular formula is C18H17FN2O2. The van der Waals surface area contributed by atoms with Gasteiger partial charge in [0.2, 0.25) is 5.89 Å². The Morgan fingerprint density at radius 2 is 1.96 bits per heavy atom. The third-order valence-electron chi connectivity index (χ3n) is 3.77. The molecule has 0 amide bonds. The van der Waals surface area contributed by atoms with Gasteiger partial charge in [-0.05, 0) is 24.1 Å². The summed E-state index contributed by atoms with van der Waals surface area (Å²) in [5.74, 6) is 0.376. The van der Waals surface area contributed by atoms with E-state index in [0.29, 0.717) is 23.7 Å². The molecule has 1 N–H and O–H groups in total. The van der Waals surface area contributed by atoms with Gasteiger partial charge in [-0.15, -0.1) is 0 Å². The van der Waals surface area contributed by atoms with Crippen molar-refractivity contribution >= 4 is 0 Å². The third-order valence-corrected chi connectivity index (χ3v) is 3.77. The molecule has 1 unspecified atom stereocenters. The van der Waals surface area contributed by atoms with Gasteiger partial charge in [-0.2, -0.15) is 4.98 Å². The van der Waals surface area contributed by atoms with Gasteiger partial charge in [0.05, 0.1) is 12.5 Å². The summed E-state index contributed by atoms with van der Waals surface area (Å²) in [7, 11) is 0. The van der Waals surface area contributed by atoms with E-state index in [0.717, 1.165) is 11.1 Å². The van der Waals surface area contributed by atoms with Gasteiger partial charge < -0.3 is 9.63 Å². The van der Waals surface area contributed by atoms with Crippen LogP contribution in [0.5, 0.6) is 0 Å². The fourth-order valence-corrected chi connectivity index (χ4v) is 2.44. The van der Waals surface area contributed by atoms with Crippen LogP contribution in [-0.4, -0.2) is 21.9 Å². The summed E-state index contributed by atoms with van der Waals surface area (Å²) in [5, 5.41) is 12.7. The molecule has 0 spiro atoms. The van der Waals surface area contributed by atoms with Gasteiger partial charge in [-0.1, -0.05) is 47.6 Å². The SMILES string of the molecule is CC(c1ccc(-c2ccccc2)c(F)c1)c1nc(CCO)no1. The summed E-state index contributed by atoms with van der Waals surface area (Å²) in [6.07, 6.45) is 0.345. The van der Waals surface area contributed by atoms with Crippen molar-refractivity contribution in [3.8, 4) is 11.1 Å². The molecule has 23 heavy (non-hydrogen) atoms. The lowest BCUT2D eigenvalue weighted by atomic mass is 9.97. The van der Waals surface area contributed by atoms with E-state index < -0.39 is 0 Å². The molecule has 5 heteroatoms. The number of halogens is 1. The topological polar surface area (TPSA) is 59.2 Å². The molecule has 0 aliphatic heterocycles. The van der Waals surface area contributed by atoms with Crippen molar-refractivity contribution in [3.63, 3.8) is 0 Å². The highest BCUT2D eigenvalue weighted by atomic mass is 19.1. The van der Waals surface area contributed by atoms with E-state index in [-0.39, 0.29) is 18.3 Å². The van der Waals surface area contributed by atoms with Crippen molar-refractivity contribution in [2.75, 3.05) is 6.61 Å². The van der Waals surface area contributed by atoms with Gasteiger partial charge in [0.1, 0.15) is 5.82 Å². The van der Waals surface area contributed by atoms with Crippen LogP contribution in [0.3, 0.4) is 0 Å². The fourth-order valence-electron chi connectivity index (χ4n) is 2.44. The first-order valence-electron chi connectivity index (χ1n) is 7.47. The van der Waals surface area contributed by atoms with E-state index >= 15 is 0 Å². The lowest BCUT2D eigenvalue weighted by Crippen LogP contribution is -1.99. The summed E-state index contributed by atoms with van der Waals surface area (Å²) < 4.78 is 19.6. The molecule has 1 heterocycles. The lowest BCUT2D eigenvalue weighted by Gasteiger charge is -2.10. The van der Waals surface area contributed by atoms with Crippen LogP contribution in [-0.2, 0) is 6.42 Å². The second-order valence-corrected chi connectivity index (χ2v) is 5.35. The largest absolute Gasteiger partial charge is 0.396 e. The van der Waals surface area contributed by atoms with Crippen LogP contribution in [0.4, 0.5) is 4.39 Å². The van der Waals surface area contributed by atoms with Crippen molar-refractivity contribution in [1.29, 1.82) is 0 Å². The van der Waals surface area contributed by atoms with Gasteiger partial charge in [0.15, 0.2) is 5.82 Å². The zero-order valence-corrected chi connectivity index (χ0v) is 12.7. The molecule has 0 aliphatic rings. The maximum atomic E-state index is 14.4. The van der Waals surface area contributed by atoms with Crippen LogP contribution >= 0.6 is 0 Å². The minimum absolute atomic E-state index is 0.0340. The molecule has 3 aromatic rings. The highest BCUT2D eigenvalue weighted by Crippen LogP contribution is 2.28. The Bertz CT molecular complexity index is 787. The standard InChI is InChI=1S/C18H17FN2O2/c1-12(18-20-17(9-10-22)21-23-18)14-7-8-15(16(19)11-14)13-5-3-2-4-6-13/h2-8,11-12,22H,9-10H2,1H3. The van der Waals surface area contributed by atoms with E-state index in [1.54, 1.807) is 6.07 Å². The monoisotopic (exact) mass is 312 g/mol. The number of rotatable bonds is 5. The maximum Gasteiger partial charge on any atom is 0.233 e. The Balaban J connectivity index is 1.87. The zero-order valence-electron chi connectivity index (χ0n) is 12.7. The molecule has 0 saturated heterocycles. The van der Waals surface area contributed by atoms with Gasteiger partial charge >= 0.3 is 0 Å². The van der Waals surface area contributed by atoms with Gasteiger partial charge in [-0.3, -0.25) is 0 Å². The van der Waals surface area contributed by atoms with Crippen LogP contribution < -0.4 is 0 Å². The summed E-state index contributed by atoms with van der Waals surface area (Å²) in [6.45, 7) is 1.85. The average molecular weight is 312 g/mol. The number of aliphatic hydroxyl groups is 1. The number of hydrogen-bond donors (Lipinski definition) is 1. The number of nitrogens with zero attached hydrogens (tertiary/aromatic N) is 2. The fraction of sp³-hybridized carbons (Fsp3) is 0.222. The molecule has 118 valence electrons. The molecule has 2 aromatic carbocycles. The van der Waals surface area contributed by atoms with E-state index in [4.69, 9.17) is 9.63 Å². The summed E-state index contributed by atoms with van der Waals surface area (Å²) >= 11 is 0. The number of aromatic nitrogens is 2. The first-order valence-corrected chi connectivity index (χ1v) is 7.47. The molecule has 4 nitrogen and oxygen atoms in total. The highest BCUT2D eigenvalue weighted by Gasteiger charge is 2.18. The summed E-state index contributed by atoms with van der Waals surface area (Å²) in [6, 6.07) is 14.5. The highest BCUT2D eigenvalue weighted by molar-refractivity contribution is 5.64. The van der Waals surface area contributed by atoms with E-state index in [9.17, 15) is 4.39 Å². The van der Waals surface area contributed by atoms with Crippen LogP contribution in [0, 0.1) is 5.82 Å². The van der Waals surface area contributed by atoms with E-state index in [1.165, 1.54) is 6.07 Å². The number of hydrogen-bond acceptors (Lipinski definition) is 4. The number of aliphatic hydroxyl groups excluding tert-OH is 1.